The van der Waals surface area contributed by atoms with E-state index in [4.69, 9.17) is 4.42 Å². The fraction of sp³-hybridized carbons (Fsp3) is 0.750. The molecule has 108 valence electrons. The first-order valence-electron chi connectivity index (χ1n) is 7.47. The second-order valence-electron chi connectivity index (χ2n) is 6.94. The summed E-state index contributed by atoms with van der Waals surface area (Å²) in [6.07, 6.45) is 4.53. The lowest BCUT2D eigenvalue weighted by atomic mass is 9.84. The van der Waals surface area contributed by atoms with Crippen molar-refractivity contribution in [3.63, 3.8) is 0 Å². The smallest absolute Gasteiger partial charge is 0.118 e. The van der Waals surface area contributed by atoms with Crippen LogP contribution in [0.15, 0.2) is 16.7 Å². The third kappa shape index (κ3) is 4.66. The molecule has 1 aliphatic heterocycles. The minimum Gasteiger partial charge on any atom is -0.468 e. The van der Waals surface area contributed by atoms with E-state index < -0.39 is 0 Å². The highest BCUT2D eigenvalue weighted by Crippen LogP contribution is 2.29. The van der Waals surface area contributed by atoms with Crippen molar-refractivity contribution in [3.8, 4) is 0 Å². The molecule has 0 aromatic carbocycles. The molecular weight excluding hydrogens is 236 g/mol. The topological polar surface area (TPSA) is 28.4 Å². The Kier molecular flexibility index (Phi) is 4.69. The number of nitrogens with one attached hydrogen (secondary N) is 1. The molecule has 0 bridgehead atoms. The Morgan fingerprint density at radius 3 is 2.89 bits per heavy atom. The molecule has 0 aliphatic carbocycles. The molecule has 0 spiro atoms. The van der Waals surface area contributed by atoms with Gasteiger partial charge in [0.2, 0.25) is 0 Å². The quantitative estimate of drug-likeness (QED) is 0.883. The van der Waals surface area contributed by atoms with Crippen LogP contribution in [0.2, 0.25) is 0 Å². The van der Waals surface area contributed by atoms with Crippen LogP contribution in [0.3, 0.4) is 0 Å². The average Bonchev–Trinajstić information content (AvgIpc) is 2.73. The van der Waals surface area contributed by atoms with Gasteiger partial charge in [-0.2, -0.15) is 0 Å². The lowest BCUT2D eigenvalue weighted by Crippen LogP contribution is -2.39. The molecule has 1 fully saturated rings. The van der Waals surface area contributed by atoms with Crippen molar-refractivity contribution in [1.29, 1.82) is 0 Å². The van der Waals surface area contributed by atoms with E-state index in [2.05, 4.69) is 44.0 Å². The third-order valence-electron chi connectivity index (χ3n) is 3.78. The second-order valence-corrected chi connectivity index (χ2v) is 6.94. The van der Waals surface area contributed by atoms with Gasteiger partial charge in [0.25, 0.3) is 0 Å². The molecule has 2 heterocycles. The van der Waals surface area contributed by atoms with Gasteiger partial charge in [0.05, 0.1) is 12.8 Å². The summed E-state index contributed by atoms with van der Waals surface area (Å²) in [5.41, 5.74) is 1.70. The number of likely N-dealkylation sites (tertiary alicyclic amines) is 1. The van der Waals surface area contributed by atoms with Gasteiger partial charge in [0.15, 0.2) is 0 Å². The molecule has 0 radical (unpaired) electrons. The Hall–Kier alpha value is -0.800. The zero-order valence-corrected chi connectivity index (χ0v) is 12.8. The maximum Gasteiger partial charge on any atom is 0.118 e. The summed E-state index contributed by atoms with van der Waals surface area (Å²) in [6, 6.07) is 2.71. The molecule has 0 atom stereocenters. The van der Waals surface area contributed by atoms with E-state index in [0.717, 1.165) is 18.8 Å². The van der Waals surface area contributed by atoms with E-state index in [9.17, 15) is 0 Å². The predicted molar refractivity (Wildman–Crippen MR) is 79.0 cm³/mol. The minimum atomic E-state index is 0.451. The molecule has 19 heavy (non-hydrogen) atoms. The summed E-state index contributed by atoms with van der Waals surface area (Å²) in [4.78, 5) is 2.52. The van der Waals surface area contributed by atoms with Gasteiger partial charge in [-0.1, -0.05) is 27.7 Å². The molecule has 0 saturated carbocycles. The summed E-state index contributed by atoms with van der Waals surface area (Å²) in [7, 11) is 0. The van der Waals surface area contributed by atoms with Crippen molar-refractivity contribution in [2.45, 2.75) is 59.7 Å². The van der Waals surface area contributed by atoms with Crippen molar-refractivity contribution >= 4 is 0 Å². The fourth-order valence-electron chi connectivity index (χ4n) is 2.82. The highest BCUT2D eigenvalue weighted by molar-refractivity contribution is 5.12. The van der Waals surface area contributed by atoms with Crippen LogP contribution in [0, 0.1) is 5.41 Å². The number of nitrogens with zero attached hydrogens (tertiary/aromatic N) is 1. The normalized spacial score (nSPS) is 20.1. The first-order chi connectivity index (χ1) is 8.94. The van der Waals surface area contributed by atoms with Gasteiger partial charge >= 0.3 is 0 Å². The number of hydrogen-bond donors (Lipinski definition) is 1. The number of hydrogen-bond acceptors (Lipinski definition) is 3. The van der Waals surface area contributed by atoms with Gasteiger partial charge in [-0.05, 0) is 30.9 Å². The maximum atomic E-state index is 5.69. The van der Waals surface area contributed by atoms with Crippen molar-refractivity contribution in [1.82, 2.24) is 10.2 Å². The van der Waals surface area contributed by atoms with Gasteiger partial charge in [0, 0.05) is 24.7 Å². The van der Waals surface area contributed by atoms with Crippen LogP contribution in [-0.2, 0) is 13.1 Å². The SMILES string of the molecule is CC(C)NCc1coc(CN2CCCC(C)(C)C2)c1. The average molecular weight is 264 g/mol. The molecule has 0 unspecified atom stereocenters. The first-order valence-corrected chi connectivity index (χ1v) is 7.47. The molecule has 1 saturated heterocycles. The van der Waals surface area contributed by atoms with Crippen LogP contribution in [0.5, 0.6) is 0 Å². The largest absolute Gasteiger partial charge is 0.468 e. The fourth-order valence-corrected chi connectivity index (χ4v) is 2.82. The van der Waals surface area contributed by atoms with Gasteiger partial charge in [-0.25, -0.2) is 0 Å². The molecule has 1 aliphatic rings. The summed E-state index contributed by atoms with van der Waals surface area (Å²) in [5.74, 6) is 1.10. The molecule has 3 heteroatoms. The highest BCUT2D eigenvalue weighted by atomic mass is 16.3. The van der Waals surface area contributed by atoms with E-state index >= 15 is 0 Å². The van der Waals surface area contributed by atoms with Crippen molar-refractivity contribution in [3.05, 3.63) is 23.7 Å². The first kappa shape index (κ1) is 14.6. The number of rotatable bonds is 5. The zero-order chi connectivity index (χ0) is 13.9. The van der Waals surface area contributed by atoms with Gasteiger partial charge in [-0.15, -0.1) is 0 Å². The molecule has 2 rings (SSSR count). The monoisotopic (exact) mass is 264 g/mol. The summed E-state index contributed by atoms with van der Waals surface area (Å²) in [5, 5.41) is 3.42. The van der Waals surface area contributed by atoms with E-state index in [1.165, 1.54) is 31.5 Å². The van der Waals surface area contributed by atoms with Crippen molar-refractivity contribution in [2.24, 2.45) is 5.41 Å². The summed E-state index contributed by atoms with van der Waals surface area (Å²) in [6.45, 7) is 13.3. The molecule has 1 N–H and O–H groups in total. The second kappa shape index (κ2) is 6.10. The van der Waals surface area contributed by atoms with Crippen LogP contribution in [0.25, 0.3) is 0 Å². The van der Waals surface area contributed by atoms with Crippen LogP contribution >= 0.6 is 0 Å². The Bertz CT molecular complexity index is 395. The van der Waals surface area contributed by atoms with Gasteiger partial charge < -0.3 is 9.73 Å². The highest BCUT2D eigenvalue weighted by Gasteiger charge is 2.26. The Morgan fingerprint density at radius 2 is 2.21 bits per heavy atom. The van der Waals surface area contributed by atoms with Gasteiger partial charge in [-0.3, -0.25) is 4.90 Å². The van der Waals surface area contributed by atoms with E-state index in [1.807, 2.05) is 6.26 Å². The van der Waals surface area contributed by atoms with E-state index in [-0.39, 0.29) is 0 Å². The standard InChI is InChI=1S/C16H28N2O/c1-13(2)17-9-14-8-15(19-11-14)10-18-7-5-6-16(3,4)12-18/h8,11,13,17H,5-7,9-10,12H2,1-4H3. The summed E-state index contributed by atoms with van der Waals surface area (Å²) < 4.78 is 5.69. The van der Waals surface area contributed by atoms with Gasteiger partial charge in [0.1, 0.15) is 5.76 Å². The maximum absolute atomic E-state index is 5.69. The van der Waals surface area contributed by atoms with E-state index in [0.29, 0.717) is 11.5 Å². The third-order valence-corrected chi connectivity index (χ3v) is 3.78. The lowest BCUT2D eigenvalue weighted by Gasteiger charge is -2.37. The van der Waals surface area contributed by atoms with E-state index in [1.54, 1.807) is 0 Å². The van der Waals surface area contributed by atoms with Crippen molar-refractivity contribution < 1.29 is 4.42 Å². The predicted octanol–water partition coefficient (Wildman–Crippen LogP) is 3.40. The van der Waals surface area contributed by atoms with Crippen LogP contribution in [0.1, 0.15) is 51.9 Å². The molecule has 0 amide bonds. The summed E-state index contributed by atoms with van der Waals surface area (Å²) >= 11 is 0. The van der Waals surface area contributed by atoms with Crippen LogP contribution in [0.4, 0.5) is 0 Å². The Balaban J connectivity index is 1.85. The van der Waals surface area contributed by atoms with Crippen LogP contribution in [-0.4, -0.2) is 24.0 Å². The number of piperidine rings is 1. The molecule has 1 aromatic heterocycles. The molecular formula is C16H28N2O. The zero-order valence-electron chi connectivity index (χ0n) is 12.8. The molecule has 1 aromatic rings. The number of furan rings is 1. The minimum absolute atomic E-state index is 0.451. The van der Waals surface area contributed by atoms with Crippen molar-refractivity contribution in [2.75, 3.05) is 13.1 Å². The Morgan fingerprint density at radius 1 is 1.42 bits per heavy atom. The van der Waals surface area contributed by atoms with Crippen LogP contribution < -0.4 is 5.32 Å². The molecule has 3 nitrogen and oxygen atoms in total. The Labute approximate surface area is 117 Å². The lowest BCUT2D eigenvalue weighted by molar-refractivity contribution is 0.105.